The van der Waals surface area contributed by atoms with E-state index in [1.165, 1.54) is 6.07 Å². The molecule has 0 aliphatic carbocycles. The zero-order valence-corrected chi connectivity index (χ0v) is 14.0. The molecule has 0 unspecified atom stereocenters. The summed E-state index contributed by atoms with van der Waals surface area (Å²) < 4.78 is 11.0. The summed E-state index contributed by atoms with van der Waals surface area (Å²) >= 11 is 0. The third-order valence-electron chi connectivity index (χ3n) is 4.08. The number of hydrogen-bond donors (Lipinski definition) is 1. The maximum Gasteiger partial charge on any atom is 0.296 e. The van der Waals surface area contributed by atoms with Gasteiger partial charge in [-0.25, -0.2) is 0 Å². The molecular weight excluding hydrogens is 314 g/mol. The number of nitro groups is 1. The van der Waals surface area contributed by atoms with Gasteiger partial charge in [0.25, 0.3) is 5.69 Å². The number of nitro benzene ring substituents is 1. The molecule has 8 heteroatoms. The normalized spacial score (nSPS) is 15.2. The number of piperidine rings is 1. The summed E-state index contributed by atoms with van der Waals surface area (Å²) in [4.78, 5) is 24.2. The molecule has 1 aliphatic rings. The van der Waals surface area contributed by atoms with Gasteiger partial charge in [0.05, 0.1) is 24.2 Å². The number of rotatable bonds is 7. The van der Waals surface area contributed by atoms with Crippen LogP contribution < -0.4 is 20.1 Å². The first-order valence-corrected chi connectivity index (χ1v) is 8.10. The summed E-state index contributed by atoms with van der Waals surface area (Å²) in [5.74, 6) is 0.360. The second-order valence-corrected chi connectivity index (χ2v) is 5.57. The third kappa shape index (κ3) is 3.87. The zero-order valence-electron chi connectivity index (χ0n) is 14.0. The van der Waals surface area contributed by atoms with E-state index in [-0.39, 0.29) is 17.5 Å². The second kappa shape index (κ2) is 7.85. The van der Waals surface area contributed by atoms with Gasteiger partial charge in [-0.05, 0) is 26.7 Å². The molecule has 1 aromatic carbocycles. The molecule has 8 nitrogen and oxygen atoms in total. The van der Waals surface area contributed by atoms with E-state index < -0.39 is 4.92 Å². The lowest BCUT2D eigenvalue weighted by atomic mass is 9.96. The van der Waals surface area contributed by atoms with Crippen LogP contribution in [0, 0.1) is 16.0 Å². The fourth-order valence-electron chi connectivity index (χ4n) is 2.88. The third-order valence-corrected chi connectivity index (χ3v) is 4.08. The van der Waals surface area contributed by atoms with Gasteiger partial charge in [-0.1, -0.05) is 0 Å². The average molecular weight is 337 g/mol. The van der Waals surface area contributed by atoms with Gasteiger partial charge >= 0.3 is 0 Å². The lowest BCUT2D eigenvalue weighted by Gasteiger charge is -2.32. The summed E-state index contributed by atoms with van der Waals surface area (Å²) in [6.45, 7) is 5.54. The van der Waals surface area contributed by atoms with E-state index >= 15 is 0 Å². The number of primary amides is 1. The van der Waals surface area contributed by atoms with Crippen molar-refractivity contribution in [3.05, 3.63) is 22.2 Å². The molecule has 0 saturated carbocycles. The van der Waals surface area contributed by atoms with E-state index in [0.717, 1.165) is 0 Å². The quantitative estimate of drug-likeness (QED) is 0.603. The van der Waals surface area contributed by atoms with E-state index in [0.29, 0.717) is 56.3 Å². The Kier molecular flexibility index (Phi) is 5.83. The minimum absolute atomic E-state index is 0.0283. The number of nitrogens with two attached hydrogens (primary N) is 1. The van der Waals surface area contributed by atoms with Crippen LogP contribution in [-0.2, 0) is 4.79 Å². The molecule has 0 bridgehead atoms. The molecule has 1 fully saturated rings. The number of carbonyl (C=O) groups excluding carboxylic acids is 1. The van der Waals surface area contributed by atoms with Gasteiger partial charge < -0.3 is 20.1 Å². The first-order chi connectivity index (χ1) is 11.5. The predicted octanol–water partition coefficient (Wildman–Crippen LogP) is 2.09. The number of carbonyl (C=O) groups is 1. The summed E-state index contributed by atoms with van der Waals surface area (Å²) in [5, 5.41) is 11.5. The maximum absolute atomic E-state index is 11.5. The van der Waals surface area contributed by atoms with Crippen molar-refractivity contribution in [3.63, 3.8) is 0 Å². The predicted molar refractivity (Wildman–Crippen MR) is 89.6 cm³/mol. The van der Waals surface area contributed by atoms with Crippen LogP contribution in [0.2, 0.25) is 0 Å². The smallest absolute Gasteiger partial charge is 0.296 e. The average Bonchev–Trinajstić information content (AvgIpc) is 2.56. The molecule has 132 valence electrons. The van der Waals surface area contributed by atoms with Gasteiger partial charge in [0.15, 0.2) is 11.5 Å². The van der Waals surface area contributed by atoms with Crippen molar-refractivity contribution < 1.29 is 19.2 Å². The van der Waals surface area contributed by atoms with Crippen molar-refractivity contribution in [1.82, 2.24) is 0 Å². The van der Waals surface area contributed by atoms with Crippen LogP contribution in [0.4, 0.5) is 11.4 Å². The summed E-state index contributed by atoms with van der Waals surface area (Å²) in [5.41, 5.74) is 5.80. The Morgan fingerprint density at radius 3 is 2.25 bits per heavy atom. The highest BCUT2D eigenvalue weighted by Crippen LogP contribution is 2.41. The second-order valence-electron chi connectivity index (χ2n) is 5.57. The van der Waals surface area contributed by atoms with Crippen molar-refractivity contribution in [3.8, 4) is 11.5 Å². The monoisotopic (exact) mass is 337 g/mol. The van der Waals surface area contributed by atoms with Crippen LogP contribution in [0.3, 0.4) is 0 Å². The fourth-order valence-corrected chi connectivity index (χ4v) is 2.88. The lowest BCUT2D eigenvalue weighted by molar-refractivity contribution is -0.384. The van der Waals surface area contributed by atoms with Gasteiger partial charge in [-0.15, -0.1) is 0 Å². The molecule has 0 atom stereocenters. The van der Waals surface area contributed by atoms with Gasteiger partial charge in [0.1, 0.15) is 5.69 Å². The Balaban J connectivity index is 2.35. The molecule has 1 heterocycles. The SMILES string of the molecule is CCOc1cc(N2CCC(C(N)=O)CC2)c([N+](=O)[O-])cc1OCC. The standard InChI is InChI=1S/C16H23N3O5/c1-3-23-14-9-12(13(19(21)22)10-15(14)24-4-2)18-7-5-11(6-8-18)16(17)20/h9-11H,3-8H2,1-2H3,(H2,17,20). The van der Waals surface area contributed by atoms with Crippen LogP contribution >= 0.6 is 0 Å². The fraction of sp³-hybridized carbons (Fsp3) is 0.562. The molecule has 1 amide bonds. The highest BCUT2D eigenvalue weighted by atomic mass is 16.6. The van der Waals surface area contributed by atoms with Crippen LogP contribution in [0.15, 0.2) is 12.1 Å². The molecule has 0 spiro atoms. The van der Waals surface area contributed by atoms with Gasteiger partial charge in [0, 0.05) is 25.1 Å². The maximum atomic E-state index is 11.5. The van der Waals surface area contributed by atoms with Crippen LogP contribution in [-0.4, -0.2) is 37.1 Å². The Morgan fingerprint density at radius 2 is 1.79 bits per heavy atom. The highest BCUT2D eigenvalue weighted by molar-refractivity contribution is 5.77. The van der Waals surface area contributed by atoms with Crippen LogP contribution in [0.25, 0.3) is 0 Å². The molecule has 0 radical (unpaired) electrons. The number of hydrogen-bond acceptors (Lipinski definition) is 6. The molecule has 2 rings (SSSR count). The zero-order chi connectivity index (χ0) is 17.7. The van der Waals surface area contributed by atoms with Crippen LogP contribution in [0.1, 0.15) is 26.7 Å². The Labute approximate surface area is 140 Å². The summed E-state index contributed by atoms with van der Waals surface area (Å²) in [6.07, 6.45) is 1.17. The molecule has 1 saturated heterocycles. The topological polar surface area (TPSA) is 108 Å². The molecule has 2 N–H and O–H groups in total. The van der Waals surface area contributed by atoms with E-state index in [1.54, 1.807) is 6.07 Å². The van der Waals surface area contributed by atoms with Gasteiger partial charge in [-0.3, -0.25) is 14.9 Å². The first kappa shape index (κ1) is 17.8. The molecule has 24 heavy (non-hydrogen) atoms. The largest absolute Gasteiger partial charge is 0.490 e. The lowest BCUT2D eigenvalue weighted by Crippen LogP contribution is -2.38. The van der Waals surface area contributed by atoms with E-state index in [4.69, 9.17) is 15.2 Å². The van der Waals surface area contributed by atoms with Crippen LogP contribution in [0.5, 0.6) is 11.5 Å². The van der Waals surface area contributed by atoms with E-state index in [2.05, 4.69) is 0 Å². The van der Waals surface area contributed by atoms with Crippen molar-refractivity contribution >= 4 is 17.3 Å². The van der Waals surface area contributed by atoms with Crippen molar-refractivity contribution in [2.24, 2.45) is 11.7 Å². The number of benzene rings is 1. The Morgan fingerprint density at radius 1 is 1.25 bits per heavy atom. The van der Waals surface area contributed by atoms with Gasteiger partial charge in [-0.2, -0.15) is 0 Å². The Bertz CT molecular complexity index is 612. The highest BCUT2D eigenvalue weighted by Gasteiger charge is 2.29. The first-order valence-electron chi connectivity index (χ1n) is 8.10. The van der Waals surface area contributed by atoms with Crippen molar-refractivity contribution in [2.75, 3.05) is 31.2 Å². The molecule has 0 aromatic heterocycles. The minimum atomic E-state index is -0.423. The number of nitrogens with zero attached hydrogens (tertiary/aromatic N) is 2. The number of ether oxygens (including phenoxy) is 2. The van der Waals surface area contributed by atoms with Crippen molar-refractivity contribution in [2.45, 2.75) is 26.7 Å². The summed E-state index contributed by atoms with van der Waals surface area (Å²) in [6, 6.07) is 3.06. The molecule has 1 aliphatic heterocycles. The van der Waals surface area contributed by atoms with E-state index in [9.17, 15) is 14.9 Å². The minimum Gasteiger partial charge on any atom is -0.490 e. The van der Waals surface area contributed by atoms with Gasteiger partial charge in [0.2, 0.25) is 5.91 Å². The molecule has 1 aromatic rings. The Hall–Kier alpha value is -2.51. The number of amides is 1. The van der Waals surface area contributed by atoms with Crippen molar-refractivity contribution in [1.29, 1.82) is 0 Å². The molecular formula is C16H23N3O5. The van der Waals surface area contributed by atoms with E-state index in [1.807, 2.05) is 18.7 Å². The summed E-state index contributed by atoms with van der Waals surface area (Å²) in [7, 11) is 0. The number of anilines is 1.